The lowest BCUT2D eigenvalue weighted by Gasteiger charge is -2.13. The number of hydrogen-bond donors (Lipinski definition) is 1. The topological polar surface area (TPSA) is 59.3 Å². The van der Waals surface area contributed by atoms with E-state index in [9.17, 15) is 14.0 Å². The third kappa shape index (κ3) is 4.12. The van der Waals surface area contributed by atoms with Gasteiger partial charge in [0.2, 0.25) is 0 Å². The average Bonchev–Trinajstić information content (AvgIpc) is 2.60. The highest BCUT2D eigenvalue weighted by molar-refractivity contribution is 5.95. The van der Waals surface area contributed by atoms with Crippen molar-refractivity contribution in [3.05, 3.63) is 82.2 Å². The molecule has 1 amide bonds. The number of rotatable bonds is 5. The minimum absolute atomic E-state index is 0.0961. The third-order valence-electron chi connectivity index (χ3n) is 4.03. The second-order valence-corrected chi connectivity index (χ2v) is 6.03. The van der Waals surface area contributed by atoms with Gasteiger partial charge in [0.25, 0.3) is 5.91 Å². The first-order valence-electron chi connectivity index (χ1n) is 8.11. The van der Waals surface area contributed by atoms with Crippen molar-refractivity contribution in [3.8, 4) is 0 Å². The van der Waals surface area contributed by atoms with Gasteiger partial charge in [-0.2, -0.15) is 0 Å². The van der Waals surface area contributed by atoms with Crippen LogP contribution in [0.5, 0.6) is 0 Å². The molecule has 5 heteroatoms. The molecule has 128 valence electrons. The van der Waals surface area contributed by atoms with Crippen LogP contribution in [0.4, 0.5) is 4.39 Å². The van der Waals surface area contributed by atoms with E-state index in [0.717, 1.165) is 12.8 Å². The van der Waals surface area contributed by atoms with Crippen LogP contribution in [0.15, 0.2) is 63.8 Å². The average molecular weight is 339 g/mol. The zero-order valence-electron chi connectivity index (χ0n) is 13.8. The van der Waals surface area contributed by atoms with Crippen LogP contribution in [-0.2, 0) is 6.42 Å². The van der Waals surface area contributed by atoms with E-state index in [4.69, 9.17) is 4.42 Å². The monoisotopic (exact) mass is 339 g/mol. The molecule has 0 fully saturated rings. The number of carbonyl (C=O) groups excluding carboxylic acids is 1. The van der Waals surface area contributed by atoms with Crippen molar-refractivity contribution in [3.63, 3.8) is 0 Å². The zero-order valence-corrected chi connectivity index (χ0v) is 13.8. The molecule has 0 spiro atoms. The molecule has 0 saturated heterocycles. The maximum atomic E-state index is 13.3. The maximum absolute atomic E-state index is 13.3. The molecule has 25 heavy (non-hydrogen) atoms. The quantitative estimate of drug-likeness (QED) is 0.771. The molecule has 0 aliphatic rings. The number of fused-ring (bicyclic) bond motifs is 1. The molecule has 1 heterocycles. The van der Waals surface area contributed by atoms with E-state index < -0.39 is 17.3 Å². The number of aryl methyl sites for hydroxylation is 1. The van der Waals surface area contributed by atoms with Crippen LogP contribution < -0.4 is 10.9 Å². The first-order chi connectivity index (χ1) is 12.0. The van der Waals surface area contributed by atoms with Crippen molar-refractivity contribution in [2.75, 3.05) is 0 Å². The number of amides is 1. The highest BCUT2D eigenvalue weighted by Crippen LogP contribution is 2.14. The molecule has 1 atom stereocenters. The Morgan fingerprint density at radius 1 is 1.16 bits per heavy atom. The van der Waals surface area contributed by atoms with Gasteiger partial charge < -0.3 is 9.73 Å². The van der Waals surface area contributed by atoms with E-state index in [1.54, 1.807) is 0 Å². The summed E-state index contributed by atoms with van der Waals surface area (Å²) in [6.45, 7) is 1.89. The van der Waals surface area contributed by atoms with E-state index in [1.165, 1.54) is 29.8 Å². The molecule has 1 aromatic heterocycles. The van der Waals surface area contributed by atoms with E-state index in [1.807, 2.05) is 37.3 Å². The summed E-state index contributed by atoms with van der Waals surface area (Å²) in [7, 11) is 0. The van der Waals surface area contributed by atoms with E-state index in [0.29, 0.717) is 5.39 Å². The predicted octanol–water partition coefficient (Wildman–Crippen LogP) is 3.68. The largest absolute Gasteiger partial charge is 0.417 e. The first kappa shape index (κ1) is 16.9. The van der Waals surface area contributed by atoms with Crippen molar-refractivity contribution in [2.45, 2.75) is 25.8 Å². The van der Waals surface area contributed by atoms with Gasteiger partial charge in [0.15, 0.2) is 5.76 Å². The summed E-state index contributed by atoms with van der Waals surface area (Å²) in [5, 5.41) is 3.40. The maximum Gasteiger partial charge on any atom is 0.344 e. The molecule has 1 unspecified atom stereocenters. The Morgan fingerprint density at radius 3 is 2.68 bits per heavy atom. The molecule has 0 aliphatic carbocycles. The van der Waals surface area contributed by atoms with Gasteiger partial charge in [-0.1, -0.05) is 30.3 Å². The number of benzene rings is 2. The molecule has 3 aromatic rings. The fourth-order valence-electron chi connectivity index (χ4n) is 2.67. The summed E-state index contributed by atoms with van der Waals surface area (Å²) < 4.78 is 18.4. The second-order valence-electron chi connectivity index (χ2n) is 6.03. The Labute approximate surface area is 144 Å². The summed E-state index contributed by atoms with van der Waals surface area (Å²) in [6, 6.07) is 15.0. The van der Waals surface area contributed by atoms with E-state index in [2.05, 4.69) is 5.32 Å². The van der Waals surface area contributed by atoms with Gasteiger partial charge >= 0.3 is 5.63 Å². The predicted molar refractivity (Wildman–Crippen MR) is 94.1 cm³/mol. The van der Waals surface area contributed by atoms with Gasteiger partial charge in [-0.25, -0.2) is 9.18 Å². The molecule has 2 aromatic carbocycles. The molecular formula is C20H18FNO3. The Bertz CT molecular complexity index is 950. The minimum Gasteiger partial charge on any atom is -0.417 e. The van der Waals surface area contributed by atoms with Crippen LogP contribution in [0.1, 0.15) is 29.5 Å². The lowest BCUT2D eigenvalue weighted by Crippen LogP contribution is -2.33. The fourth-order valence-corrected chi connectivity index (χ4v) is 2.67. The molecule has 0 radical (unpaired) electrons. The molecule has 4 nitrogen and oxygen atoms in total. The summed E-state index contributed by atoms with van der Waals surface area (Å²) in [5.74, 6) is -1.07. The fraction of sp³-hybridized carbons (Fsp3) is 0.200. The van der Waals surface area contributed by atoms with Crippen LogP contribution in [0.3, 0.4) is 0 Å². The van der Waals surface area contributed by atoms with Crippen molar-refractivity contribution >= 4 is 16.7 Å². The number of hydrogen-bond acceptors (Lipinski definition) is 3. The lowest BCUT2D eigenvalue weighted by molar-refractivity contribution is 0.0906. The van der Waals surface area contributed by atoms with Gasteiger partial charge in [0, 0.05) is 6.04 Å². The molecular weight excluding hydrogens is 321 g/mol. The van der Waals surface area contributed by atoms with Gasteiger partial charge in [-0.15, -0.1) is 0 Å². The van der Waals surface area contributed by atoms with Crippen LogP contribution in [0.25, 0.3) is 10.8 Å². The van der Waals surface area contributed by atoms with Crippen molar-refractivity contribution in [2.24, 2.45) is 0 Å². The van der Waals surface area contributed by atoms with E-state index >= 15 is 0 Å². The van der Waals surface area contributed by atoms with Crippen molar-refractivity contribution in [1.82, 2.24) is 5.32 Å². The number of carbonyl (C=O) groups is 1. The van der Waals surface area contributed by atoms with Crippen molar-refractivity contribution < 1.29 is 13.6 Å². The summed E-state index contributed by atoms with van der Waals surface area (Å²) in [4.78, 5) is 24.3. The smallest absolute Gasteiger partial charge is 0.344 e. The first-order valence-corrected chi connectivity index (χ1v) is 8.11. The Kier molecular flexibility index (Phi) is 4.93. The third-order valence-corrected chi connectivity index (χ3v) is 4.03. The molecule has 3 rings (SSSR count). The summed E-state index contributed by atoms with van der Waals surface area (Å²) in [6.07, 6.45) is 1.58. The molecule has 0 bridgehead atoms. The summed E-state index contributed by atoms with van der Waals surface area (Å²) in [5.41, 5.74) is 0.538. The standard InChI is InChI=1S/C20H18FNO3/c1-13(7-8-14-5-3-2-4-6-14)22-19(23)18-12-15-11-16(21)9-10-17(15)20(24)25-18/h2-6,9-13H,7-8H2,1H3,(H,22,23). The molecule has 1 N–H and O–H groups in total. The zero-order chi connectivity index (χ0) is 17.8. The Balaban J connectivity index is 1.70. The second kappa shape index (κ2) is 7.30. The van der Waals surface area contributed by atoms with Gasteiger partial charge in [-0.3, -0.25) is 4.79 Å². The lowest BCUT2D eigenvalue weighted by atomic mass is 10.1. The van der Waals surface area contributed by atoms with E-state index in [-0.39, 0.29) is 17.2 Å². The van der Waals surface area contributed by atoms with Gasteiger partial charge in [0.05, 0.1) is 5.39 Å². The Morgan fingerprint density at radius 2 is 1.92 bits per heavy atom. The molecule has 0 aliphatic heterocycles. The Hall–Kier alpha value is -2.95. The number of halogens is 1. The van der Waals surface area contributed by atoms with Crippen LogP contribution in [0.2, 0.25) is 0 Å². The highest BCUT2D eigenvalue weighted by atomic mass is 19.1. The normalized spacial score (nSPS) is 12.1. The number of nitrogens with one attached hydrogen (secondary N) is 1. The molecule has 0 saturated carbocycles. The van der Waals surface area contributed by atoms with Crippen LogP contribution in [0, 0.1) is 5.82 Å². The van der Waals surface area contributed by atoms with Gasteiger partial charge in [0.1, 0.15) is 5.82 Å². The van der Waals surface area contributed by atoms with Crippen molar-refractivity contribution in [1.29, 1.82) is 0 Å². The SMILES string of the molecule is CC(CCc1ccccc1)NC(=O)c1cc2cc(F)ccc2c(=O)o1. The van der Waals surface area contributed by atoms with Crippen LogP contribution >= 0.6 is 0 Å². The van der Waals surface area contributed by atoms with Crippen LogP contribution in [-0.4, -0.2) is 11.9 Å². The van der Waals surface area contributed by atoms with Gasteiger partial charge in [-0.05, 0) is 55.0 Å². The summed E-state index contributed by atoms with van der Waals surface area (Å²) >= 11 is 0. The highest BCUT2D eigenvalue weighted by Gasteiger charge is 2.15. The minimum atomic E-state index is -0.653.